The number of nitrogens with one attached hydrogen (secondary N) is 1. The van der Waals surface area contributed by atoms with Crippen LogP contribution < -0.4 is 5.32 Å². The van der Waals surface area contributed by atoms with E-state index in [1.165, 1.54) is 24.3 Å². The molecule has 22 heavy (non-hydrogen) atoms. The van der Waals surface area contributed by atoms with E-state index in [-0.39, 0.29) is 22.6 Å². The fraction of sp³-hybridized carbons (Fsp3) is 0. The average molecular weight is 316 g/mol. The Bertz CT molecular complexity index is 802. The molecule has 0 radical (unpaired) electrons. The van der Waals surface area contributed by atoms with Crippen LogP contribution in [-0.4, -0.2) is 11.1 Å². The minimum atomic E-state index is -0.465. The van der Waals surface area contributed by atoms with Gasteiger partial charge in [0.25, 0.3) is 5.91 Å². The largest absolute Gasteiger partial charge is 0.300 e. The number of amidine groups is 1. The molecule has 1 fully saturated rings. The molecule has 0 atom stereocenters. The van der Waals surface area contributed by atoms with E-state index < -0.39 is 5.82 Å². The van der Waals surface area contributed by atoms with Gasteiger partial charge in [0, 0.05) is 0 Å². The lowest BCUT2D eigenvalue weighted by Gasteiger charge is -1.97. The SMILES string of the molecule is O=C1NC(=Nc2ccccc2F)S/C1=C\c1cccc(F)c1. The minimum absolute atomic E-state index is 0.150. The quantitative estimate of drug-likeness (QED) is 0.855. The van der Waals surface area contributed by atoms with Crippen molar-refractivity contribution in [2.24, 2.45) is 4.99 Å². The zero-order valence-corrected chi connectivity index (χ0v) is 12.0. The first-order valence-corrected chi connectivity index (χ1v) is 7.23. The molecule has 3 nitrogen and oxygen atoms in total. The fourth-order valence-corrected chi connectivity index (χ4v) is 2.71. The maximum Gasteiger partial charge on any atom is 0.264 e. The highest BCUT2D eigenvalue weighted by atomic mass is 32.2. The first kappa shape index (κ1) is 14.5. The van der Waals surface area contributed by atoms with Crippen molar-refractivity contribution in [1.82, 2.24) is 5.32 Å². The van der Waals surface area contributed by atoms with E-state index in [4.69, 9.17) is 0 Å². The van der Waals surface area contributed by atoms with Crippen LogP contribution in [0.3, 0.4) is 0 Å². The molecular weight excluding hydrogens is 306 g/mol. The summed E-state index contributed by atoms with van der Waals surface area (Å²) in [6.07, 6.45) is 1.56. The van der Waals surface area contributed by atoms with Gasteiger partial charge in [0.15, 0.2) is 5.17 Å². The molecule has 0 aliphatic carbocycles. The summed E-state index contributed by atoms with van der Waals surface area (Å²) < 4.78 is 26.7. The third-order valence-electron chi connectivity index (χ3n) is 2.87. The molecule has 6 heteroatoms. The fourth-order valence-electron chi connectivity index (χ4n) is 1.88. The maximum absolute atomic E-state index is 13.5. The summed E-state index contributed by atoms with van der Waals surface area (Å²) in [6.45, 7) is 0. The number of benzene rings is 2. The van der Waals surface area contributed by atoms with Crippen molar-refractivity contribution in [3.8, 4) is 0 Å². The first-order chi connectivity index (χ1) is 10.6. The Morgan fingerprint density at radius 1 is 1.09 bits per heavy atom. The van der Waals surface area contributed by atoms with Gasteiger partial charge in [-0.3, -0.25) is 4.79 Å². The maximum atomic E-state index is 13.5. The van der Waals surface area contributed by atoms with Crippen LogP contribution in [0.15, 0.2) is 58.4 Å². The number of halogens is 2. The molecule has 0 saturated carbocycles. The van der Waals surface area contributed by atoms with Gasteiger partial charge < -0.3 is 5.32 Å². The van der Waals surface area contributed by atoms with E-state index in [1.54, 1.807) is 30.3 Å². The molecule has 0 bridgehead atoms. The lowest BCUT2D eigenvalue weighted by Crippen LogP contribution is -2.19. The van der Waals surface area contributed by atoms with Crippen LogP contribution in [0.25, 0.3) is 6.08 Å². The number of carbonyl (C=O) groups is 1. The number of nitrogens with zero attached hydrogens (tertiary/aromatic N) is 1. The van der Waals surface area contributed by atoms with Gasteiger partial charge in [-0.1, -0.05) is 24.3 Å². The van der Waals surface area contributed by atoms with Crippen molar-refractivity contribution < 1.29 is 13.6 Å². The number of amides is 1. The van der Waals surface area contributed by atoms with Crippen LogP contribution in [-0.2, 0) is 4.79 Å². The number of hydrogen-bond acceptors (Lipinski definition) is 3. The molecule has 1 aliphatic rings. The molecule has 2 aromatic carbocycles. The van der Waals surface area contributed by atoms with E-state index in [0.29, 0.717) is 10.5 Å². The zero-order chi connectivity index (χ0) is 15.5. The molecule has 2 aromatic rings. The summed E-state index contributed by atoms with van der Waals surface area (Å²) in [5.74, 6) is -1.19. The number of hydrogen-bond donors (Lipinski definition) is 1. The molecule has 1 amide bonds. The van der Waals surface area contributed by atoms with Gasteiger partial charge in [0.2, 0.25) is 0 Å². The molecule has 3 rings (SSSR count). The van der Waals surface area contributed by atoms with Crippen molar-refractivity contribution in [1.29, 1.82) is 0 Å². The molecular formula is C16H10F2N2OS. The van der Waals surface area contributed by atoms with Crippen molar-refractivity contribution >= 4 is 34.6 Å². The second-order valence-corrected chi connectivity index (χ2v) is 5.52. The molecule has 1 heterocycles. The van der Waals surface area contributed by atoms with E-state index >= 15 is 0 Å². The Morgan fingerprint density at radius 2 is 1.91 bits per heavy atom. The highest BCUT2D eigenvalue weighted by molar-refractivity contribution is 8.18. The van der Waals surface area contributed by atoms with Crippen LogP contribution in [0.5, 0.6) is 0 Å². The molecule has 1 aliphatic heterocycles. The predicted octanol–water partition coefficient (Wildman–Crippen LogP) is 3.86. The van der Waals surface area contributed by atoms with Gasteiger partial charge >= 0.3 is 0 Å². The van der Waals surface area contributed by atoms with Gasteiger partial charge in [-0.05, 0) is 47.7 Å². The first-order valence-electron chi connectivity index (χ1n) is 6.41. The Kier molecular flexibility index (Phi) is 4.02. The normalized spacial score (nSPS) is 18.0. The van der Waals surface area contributed by atoms with E-state index in [9.17, 15) is 13.6 Å². The third kappa shape index (κ3) is 3.23. The minimum Gasteiger partial charge on any atom is -0.300 e. The molecule has 1 N–H and O–H groups in total. The summed E-state index contributed by atoms with van der Waals surface area (Å²) in [4.78, 5) is 16.3. The van der Waals surface area contributed by atoms with Crippen LogP contribution in [0.2, 0.25) is 0 Å². The molecule has 0 spiro atoms. The van der Waals surface area contributed by atoms with Crippen LogP contribution >= 0.6 is 11.8 Å². The standard InChI is InChI=1S/C16H10F2N2OS/c17-11-5-3-4-10(8-11)9-14-15(21)20-16(22-14)19-13-7-2-1-6-12(13)18/h1-9H,(H,19,20,21)/b14-9-. The molecule has 110 valence electrons. The highest BCUT2D eigenvalue weighted by Gasteiger charge is 2.24. The number of carbonyl (C=O) groups excluding carboxylic acids is 1. The summed E-state index contributed by atoms with van der Waals surface area (Å²) in [7, 11) is 0. The van der Waals surface area contributed by atoms with E-state index in [2.05, 4.69) is 10.3 Å². The summed E-state index contributed by atoms with van der Waals surface area (Å²) in [5.41, 5.74) is 0.724. The number of para-hydroxylation sites is 1. The second kappa shape index (κ2) is 6.11. The van der Waals surface area contributed by atoms with Crippen molar-refractivity contribution in [2.75, 3.05) is 0 Å². The number of rotatable bonds is 2. The lowest BCUT2D eigenvalue weighted by atomic mass is 10.2. The highest BCUT2D eigenvalue weighted by Crippen LogP contribution is 2.28. The van der Waals surface area contributed by atoms with Crippen LogP contribution in [0, 0.1) is 11.6 Å². The van der Waals surface area contributed by atoms with Crippen molar-refractivity contribution in [2.45, 2.75) is 0 Å². The molecule has 1 saturated heterocycles. The second-order valence-electron chi connectivity index (χ2n) is 4.49. The van der Waals surface area contributed by atoms with Crippen molar-refractivity contribution in [3.63, 3.8) is 0 Å². The Morgan fingerprint density at radius 3 is 2.68 bits per heavy atom. The van der Waals surface area contributed by atoms with Crippen molar-refractivity contribution in [3.05, 3.63) is 70.6 Å². The summed E-state index contributed by atoms with van der Waals surface area (Å²) in [6, 6.07) is 11.9. The third-order valence-corrected chi connectivity index (χ3v) is 3.78. The Balaban J connectivity index is 1.86. The van der Waals surface area contributed by atoms with E-state index in [1.807, 2.05) is 0 Å². The monoisotopic (exact) mass is 316 g/mol. The van der Waals surface area contributed by atoms with Crippen LogP contribution in [0.4, 0.5) is 14.5 Å². The topological polar surface area (TPSA) is 41.5 Å². The smallest absolute Gasteiger partial charge is 0.264 e. The molecule has 0 unspecified atom stereocenters. The van der Waals surface area contributed by atoms with Gasteiger partial charge in [0.05, 0.1) is 4.91 Å². The number of thioether (sulfide) groups is 1. The van der Waals surface area contributed by atoms with Gasteiger partial charge in [0.1, 0.15) is 17.3 Å². The van der Waals surface area contributed by atoms with Gasteiger partial charge in [-0.2, -0.15) is 0 Å². The Labute approximate surface area is 129 Å². The summed E-state index contributed by atoms with van der Waals surface area (Å²) >= 11 is 1.08. The average Bonchev–Trinajstić information content (AvgIpc) is 2.81. The number of aliphatic imine (C=N–C) groups is 1. The van der Waals surface area contributed by atoms with Crippen LogP contribution in [0.1, 0.15) is 5.56 Å². The predicted molar refractivity (Wildman–Crippen MR) is 83.6 cm³/mol. The van der Waals surface area contributed by atoms with E-state index in [0.717, 1.165) is 11.8 Å². The lowest BCUT2D eigenvalue weighted by molar-refractivity contribution is -0.115. The molecule has 0 aromatic heterocycles. The van der Waals surface area contributed by atoms with Gasteiger partial charge in [-0.25, -0.2) is 13.8 Å². The summed E-state index contributed by atoms with van der Waals surface area (Å²) in [5, 5.41) is 2.85. The zero-order valence-electron chi connectivity index (χ0n) is 11.2. The van der Waals surface area contributed by atoms with Gasteiger partial charge in [-0.15, -0.1) is 0 Å². The Hall–Kier alpha value is -2.47.